The zero-order valence-electron chi connectivity index (χ0n) is 6.28. The number of rotatable bonds is 1. The van der Waals surface area contributed by atoms with E-state index in [2.05, 4.69) is 0 Å². The minimum Gasteiger partial charge on any atom is -0.305 e. The van der Waals surface area contributed by atoms with Crippen molar-refractivity contribution in [2.45, 2.75) is 18.8 Å². The predicted molar refractivity (Wildman–Crippen MR) is 35.1 cm³/mol. The topological polar surface area (TPSA) is 15.3 Å². The third-order valence-corrected chi connectivity index (χ3v) is 1.76. The van der Waals surface area contributed by atoms with E-state index in [-0.39, 0.29) is 0 Å². The molecule has 1 fully saturated rings. The van der Waals surface area contributed by atoms with Crippen LogP contribution in [0.3, 0.4) is 0 Å². The second-order valence-electron chi connectivity index (χ2n) is 2.89. The molecular weight excluding hydrogens is 157 g/mol. The van der Waals surface area contributed by atoms with Gasteiger partial charge < -0.3 is 4.90 Å². The highest BCUT2D eigenvalue weighted by Gasteiger charge is 2.33. The molecule has 0 aromatic carbocycles. The SMILES string of the molecule is CN1CCC(NC(F)(F)F)C1. The standard InChI is InChI=1S/C6H11F3N2/c1-11-3-2-5(4-11)10-6(7,8)9/h5,10H,2-4H2,1H3. The quantitative estimate of drug-likeness (QED) is 0.582. The number of likely N-dealkylation sites (N-methyl/N-ethyl adjacent to an activating group) is 1. The van der Waals surface area contributed by atoms with Crippen LogP contribution in [-0.4, -0.2) is 37.4 Å². The summed E-state index contributed by atoms with van der Waals surface area (Å²) < 4.78 is 35.1. The smallest absolute Gasteiger partial charge is 0.305 e. The predicted octanol–water partition coefficient (Wildman–Crippen LogP) is 0.800. The molecule has 2 nitrogen and oxygen atoms in total. The van der Waals surface area contributed by atoms with Crippen LogP contribution in [0.2, 0.25) is 0 Å². The normalized spacial score (nSPS) is 27.8. The monoisotopic (exact) mass is 168 g/mol. The summed E-state index contributed by atoms with van der Waals surface area (Å²) in [6.45, 7) is 1.23. The molecule has 1 aliphatic heterocycles. The summed E-state index contributed by atoms with van der Waals surface area (Å²) in [5, 5.41) is 1.61. The molecule has 1 N–H and O–H groups in total. The number of nitrogens with zero attached hydrogens (tertiary/aromatic N) is 1. The van der Waals surface area contributed by atoms with Crippen LogP contribution in [0.25, 0.3) is 0 Å². The van der Waals surface area contributed by atoms with E-state index in [4.69, 9.17) is 0 Å². The summed E-state index contributed by atoms with van der Waals surface area (Å²) in [5.41, 5.74) is 0. The van der Waals surface area contributed by atoms with Crippen LogP contribution in [-0.2, 0) is 0 Å². The Morgan fingerprint density at radius 3 is 2.45 bits per heavy atom. The third-order valence-electron chi connectivity index (χ3n) is 1.76. The number of nitrogens with one attached hydrogen (secondary N) is 1. The average molecular weight is 168 g/mol. The van der Waals surface area contributed by atoms with Crippen LogP contribution in [0.5, 0.6) is 0 Å². The molecule has 0 radical (unpaired) electrons. The van der Waals surface area contributed by atoms with Crippen LogP contribution in [0.1, 0.15) is 6.42 Å². The summed E-state index contributed by atoms with van der Waals surface area (Å²) in [7, 11) is 1.82. The van der Waals surface area contributed by atoms with Gasteiger partial charge in [0.05, 0.1) is 0 Å². The molecule has 0 saturated carbocycles. The van der Waals surface area contributed by atoms with E-state index in [1.54, 1.807) is 5.32 Å². The summed E-state index contributed by atoms with van der Waals surface area (Å²) >= 11 is 0. The minimum absolute atomic E-state index is 0.417. The highest BCUT2D eigenvalue weighted by molar-refractivity contribution is 4.79. The first kappa shape index (κ1) is 8.80. The van der Waals surface area contributed by atoms with E-state index in [1.807, 2.05) is 11.9 Å². The first-order valence-electron chi connectivity index (χ1n) is 3.50. The third kappa shape index (κ3) is 3.07. The van der Waals surface area contributed by atoms with Gasteiger partial charge in [-0.2, -0.15) is 13.2 Å². The van der Waals surface area contributed by atoms with Gasteiger partial charge in [-0.3, -0.25) is 0 Å². The molecule has 1 unspecified atom stereocenters. The fourth-order valence-electron chi connectivity index (χ4n) is 1.28. The lowest BCUT2D eigenvalue weighted by molar-refractivity contribution is -0.163. The Bertz CT molecular complexity index is 134. The Morgan fingerprint density at radius 2 is 2.09 bits per heavy atom. The first-order chi connectivity index (χ1) is 4.97. The lowest BCUT2D eigenvalue weighted by atomic mass is 10.3. The maximum atomic E-state index is 11.7. The number of halogens is 3. The molecular formula is C6H11F3N2. The van der Waals surface area contributed by atoms with E-state index in [0.717, 1.165) is 6.54 Å². The van der Waals surface area contributed by atoms with Crippen molar-refractivity contribution in [3.63, 3.8) is 0 Å². The van der Waals surface area contributed by atoms with Crippen molar-refractivity contribution in [1.29, 1.82) is 0 Å². The fraction of sp³-hybridized carbons (Fsp3) is 1.00. The van der Waals surface area contributed by atoms with Crippen molar-refractivity contribution >= 4 is 0 Å². The molecule has 0 spiro atoms. The molecule has 0 aromatic heterocycles. The number of alkyl halides is 3. The van der Waals surface area contributed by atoms with Gasteiger partial charge in [0.25, 0.3) is 0 Å². The Labute approximate surface area is 63.4 Å². The van der Waals surface area contributed by atoms with E-state index in [0.29, 0.717) is 13.0 Å². The summed E-state index contributed by atoms with van der Waals surface area (Å²) in [5.74, 6) is 0. The van der Waals surface area contributed by atoms with Crippen LogP contribution in [0.15, 0.2) is 0 Å². The van der Waals surface area contributed by atoms with Gasteiger partial charge in [-0.25, -0.2) is 5.32 Å². The lowest BCUT2D eigenvalue weighted by Gasteiger charge is -2.14. The largest absolute Gasteiger partial charge is 0.457 e. The van der Waals surface area contributed by atoms with Crippen molar-refractivity contribution in [1.82, 2.24) is 10.2 Å². The molecule has 0 aliphatic carbocycles. The molecule has 1 aliphatic rings. The highest BCUT2D eigenvalue weighted by atomic mass is 19.4. The summed E-state index contributed by atoms with van der Waals surface area (Å²) in [6, 6.07) is -0.417. The summed E-state index contributed by atoms with van der Waals surface area (Å²) in [4.78, 5) is 1.88. The molecule has 1 heterocycles. The van der Waals surface area contributed by atoms with Gasteiger partial charge in [-0.1, -0.05) is 0 Å². The second-order valence-corrected chi connectivity index (χ2v) is 2.89. The molecule has 0 amide bonds. The first-order valence-corrected chi connectivity index (χ1v) is 3.50. The van der Waals surface area contributed by atoms with Gasteiger partial charge in [0.1, 0.15) is 0 Å². The maximum Gasteiger partial charge on any atom is 0.457 e. The van der Waals surface area contributed by atoms with Gasteiger partial charge in [0.15, 0.2) is 0 Å². The molecule has 5 heteroatoms. The maximum absolute atomic E-state index is 11.7. The van der Waals surface area contributed by atoms with Crippen LogP contribution in [0.4, 0.5) is 13.2 Å². The molecule has 1 rings (SSSR count). The van der Waals surface area contributed by atoms with Crippen molar-refractivity contribution in [2.24, 2.45) is 0 Å². The Hall–Kier alpha value is -0.290. The zero-order valence-corrected chi connectivity index (χ0v) is 6.28. The van der Waals surface area contributed by atoms with Crippen molar-refractivity contribution < 1.29 is 13.2 Å². The molecule has 0 bridgehead atoms. The Kier molecular flexibility index (Phi) is 2.39. The number of hydrogen-bond donors (Lipinski definition) is 1. The van der Waals surface area contributed by atoms with E-state index in [1.165, 1.54) is 0 Å². The van der Waals surface area contributed by atoms with E-state index in [9.17, 15) is 13.2 Å². The van der Waals surface area contributed by atoms with Crippen LogP contribution < -0.4 is 5.32 Å². The summed E-state index contributed by atoms with van der Waals surface area (Å²) in [6.07, 6.45) is -3.65. The number of hydrogen-bond acceptors (Lipinski definition) is 2. The Morgan fingerprint density at radius 1 is 1.45 bits per heavy atom. The number of likely N-dealkylation sites (tertiary alicyclic amines) is 1. The molecule has 66 valence electrons. The second kappa shape index (κ2) is 2.98. The van der Waals surface area contributed by atoms with Gasteiger partial charge in [0.2, 0.25) is 0 Å². The van der Waals surface area contributed by atoms with Crippen molar-refractivity contribution in [3.05, 3.63) is 0 Å². The van der Waals surface area contributed by atoms with E-state index >= 15 is 0 Å². The van der Waals surface area contributed by atoms with Gasteiger partial charge >= 0.3 is 6.30 Å². The molecule has 11 heavy (non-hydrogen) atoms. The van der Waals surface area contributed by atoms with Crippen molar-refractivity contribution in [2.75, 3.05) is 20.1 Å². The van der Waals surface area contributed by atoms with Gasteiger partial charge in [-0.15, -0.1) is 0 Å². The molecule has 0 aromatic rings. The average Bonchev–Trinajstić information content (AvgIpc) is 2.10. The molecule has 1 saturated heterocycles. The fourth-order valence-corrected chi connectivity index (χ4v) is 1.28. The lowest BCUT2D eigenvalue weighted by Crippen LogP contribution is -2.41. The van der Waals surface area contributed by atoms with Crippen LogP contribution >= 0.6 is 0 Å². The van der Waals surface area contributed by atoms with Crippen molar-refractivity contribution in [3.8, 4) is 0 Å². The Balaban J connectivity index is 2.29. The minimum atomic E-state index is -4.23. The molecule has 1 atom stereocenters. The highest BCUT2D eigenvalue weighted by Crippen LogP contribution is 2.15. The van der Waals surface area contributed by atoms with Gasteiger partial charge in [0, 0.05) is 12.6 Å². The van der Waals surface area contributed by atoms with Crippen LogP contribution in [0, 0.1) is 0 Å². The zero-order chi connectivity index (χ0) is 8.48. The van der Waals surface area contributed by atoms with Gasteiger partial charge in [-0.05, 0) is 20.0 Å². The van der Waals surface area contributed by atoms with E-state index < -0.39 is 12.3 Å².